The van der Waals surface area contributed by atoms with Crippen LogP contribution in [0, 0.1) is 19.8 Å². The summed E-state index contributed by atoms with van der Waals surface area (Å²) in [5.74, 6) is -0.726. The number of benzene rings is 3. The fraction of sp³-hybridized carbons (Fsp3) is 0.231. The Morgan fingerprint density at radius 2 is 1.00 bits per heavy atom. The molecule has 0 fully saturated rings. The number of nitrogens with zero attached hydrogens (tertiary/aromatic N) is 1. The van der Waals surface area contributed by atoms with Crippen LogP contribution in [0.5, 0.6) is 0 Å². The minimum atomic E-state index is -0.564. The molecule has 29 heavy (non-hydrogen) atoms. The number of Topliss-reactive ketones (excluding diaryl/α,β-unsaturated/α-hetero) is 2. The van der Waals surface area contributed by atoms with E-state index in [-0.39, 0.29) is 11.6 Å². The highest BCUT2D eigenvalue weighted by Crippen LogP contribution is 2.34. The highest BCUT2D eigenvalue weighted by Gasteiger charge is 2.20. The Morgan fingerprint density at radius 1 is 0.655 bits per heavy atom. The van der Waals surface area contributed by atoms with Gasteiger partial charge < -0.3 is 4.90 Å². The molecule has 148 valence electrons. The van der Waals surface area contributed by atoms with Crippen molar-refractivity contribution >= 4 is 28.6 Å². The Labute approximate surface area is 173 Å². The molecule has 0 bridgehead atoms. The first-order valence-corrected chi connectivity index (χ1v) is 9.88. The lowest BCUT2D eigenvalue weighted by atomic mass is 9.92. The van der Waals surface area contributed by atoms with Crippen molar-refractivity contribution in [2.45, 2.75) is 34.1 Å². The number of anilines is 3. The van der Waals surface area contributed by atoms with Crippen LogP contribution in [0.15, 0.2) is 72.8 Å². The predicted molar refractivity (Wildman–Crippen MR) is 119 cm³/mol. The van der Waals surface area contributed by atoms with Crippen molar-refractivity contribution in [3.63, 3.8) is 0 Å². The summed E-state index contributed by atoms with van der Waals surface area (Å²) < 4.78 is 0. The van der Waals surface area contributed by atoms with Gasteiger partial charge in [0.25, 0.3) is 0 Å². The molecule has 0 N–H and O–H groups in total. The molecule has 0 unspecified atom stereocenters. The van der Waals surface area contributed by atoms with Crippen LogP contribution in [0.25, 0.3) is 0 Å². The molecule has 3 rings (SSSR count). The molecule has 0 spiro atoms. The molecule has 0 atom stereocenters. The van der Waals surface area contributed by atoms with Crippen molar-refractivity contribution in [1.29, 1.82) is 0 Å². The highest BCUT2D eigenvalue weighted by atomic mass is 16.1. The standard InChI is InChI=1S/C26H27NO2/c1-18-5-11-23(12-6-18)27(24-13-7-19(2)8-14-24)25-15-9-22(10-16-25)17-26(20(3)28)21(4)29/h5-16,26H,17H2,1-4H3. The normalized spacial score (nSPS) is 10.8. The molecule has 0 aromatic heterocycles. The second kappa shape index (κ2) is 8.87. The fourth-order valence-electron chi connectivity index (χ4n) is 3.43. The lowest BCUT2D eigenvalue weighted by Crippen LogP contribution is -2.21. The monoisotopic (exact) mass is 385 g/mol. The van der Waals surface area contributed by atoms with Crippen LogP contribution >= 0.6 is 0 Å². The first kappa shape index (κ1) is 20.5. The van der Waals surface area contributed by atoms with E-state index in [0.29, 0.717) is 6.42 Å². The smallest absolute Gasteiger partial charge is 0.140 e. The minimum absolute atomic E-state index is 0.0810. The lowest BCUT2D eigenvalue weighted by molar-refractivity contribution is -0.130. The summed E-state index contributed by atoms with van der Waals surface area (Å²) in [7, 11) is 0. The summed E-state index contributed by atoms with van der Waals surface area (Å²) in [4.78, 5) is 25.7. The van der Waals surface area contributed by atoms with E-state index in [1.165, 1.54) is 25.0 Å². The molecule has 0 aliphatic heterocycles. The van der Waals surface area contributed by atoms with Gasteiger partial charge in [-0.05, 0) is 76.1 Å². The van der Waals surface area contributed by atoms with Gasteiger partial charge in [-0.25, -0.2) is 0 Å². The quantitative estimate of drug-likeness (QED) is 0.461. The van der Waals surface area contributed by atoms with Crippen LogP contribution in [-0.2, 0) is 16.0 Å². The second-order valence-corrected chi connectivity index (χ2v) is 7.65. The van der Waals surface area contributed by atoms with Gasteiger partial charge in [0.05, 0.1) is 5.92 Å². The van der Waals surface area contributed by atoms with Crippen LogP contribution in [0.2, 0.25) is 0 Å². The number of ketones is 2. The van der Waals surface area contributed by atoms with Crippen molar-refractivity contribution in [3.05, 3.63) is 89.5 Å². The van der Waals surface area contributed by atoms with Crippen molar-refractivity contribution in [2.75, 3.05) is 4.90 Å². The number of carbonyl (C=O) groups excluding carboxylic acids is 2. The van der Waals surface area contributed by atoms with E-state index in [1.807, 2.05) is 24.3 Å². The molecule has 3 heteroatoms. The van der Waals surface area contributed by atoms with Crippen molar-refractivity contribution in [3.8, 4) is 0 Å². The van der Waals surface area contributed by atoms with Gasteiger partial charge in [-0.1, -0.05) is 47.5 Å². The van der Waals surface area contributed by atoms with Crippen LogP contribution in [-0.4, -0.2) is 11.6 Å². The molecular formula is C26H27NO2. The first-order chi connectivity index (χ1) is 13.8. The summed E-state index contributed by atoms with van der Waals surface area (Å²) in [5.41, 5.74) is 6.61. The topological polar surface area (TPSA) is 37.4 Å². The zero-order valence-corrected chi connectivity index (χ0v) is 17.5. The molecule has 0 aliphatic rings. The molecule has 3 nitrogen and oxygen atoms in total. The Kier molecular flexibility index (Phi) is 6.28. The summed E-state index contributed by atoms with van der Waals surface area (Å²) >= 11 is 0. The molecule has 3 aromatic rings. The van der Waals surface area contributed by atoms with Crippen LogP contribution in [0.4, 0.5) is 17.1 Å². The molecule has 0 heterocycles. The third-order valence-corrected chi connectivity index (χ3v) is 5.20. The van der Waals surface area contributed by atoms with Crippen molar-refractivity contribution in [1.82, 2.24) is 0 Å². The Hall–Kier alpha value is -3.20. The number of carbonyl (C=O) groups is 2. The second-order valence-electron chi connectivity index (χ2n) is 7.65. The molecule has 0 radical (unpaired) electrons. The van der Waals surface area contributed by atoms with E-state index >= 15 is 0 Å². The maximum atomic E-state index is 11.8. The Bertz CT molecular complexity index is 927. The van der Waals surface area contributed by atoms with Crippen molar-refractivity contribution < 1.29 is 9.59 Å². The summed E-state index contributed by atoms with van der Waals surface area (Å²) in [6.07, 6.45) is 0.444. The van der Waals surface area contributed by atoms with E-state index in [2.05, 4.69) is 67.3 Å². The molecule has 0 amide bonds. The van der Waals surface area contributed by atoms with E-state index < -0.39 is 5.92 Å². The molecular weight excluding hydrogens is 358 g/mol. The third kappa shape index (κ3) is 5.00. The SMILES string of the molecule is CC(=O)C(Cc1ccc(N(c2ccc(C)cc2)c2ccc(C)cc2)cc1)C(C)=O. The maximum absolute atomic E-state index is 11.8. The largest absolute Gasteiger partial charge is 0.311 e. The van der Waals surface area contributed by atoms with Gasteiger partial charge >= 0.3 is 0 Å². The van der Waals surface area contributed by atoms with E-state index in [0.717, 1.165) is 22.6 Å². The number of hydrogen-bond donors (Lipinski definition) is 0. The maximum Gasteiger partial charge on any atom is 0.140 e. The Balaban J connectivity index is 1.96. The highest BCUT2D eigenvalue weighted by molar-refractivity contribution is 6.00. The van der Waals surface area contributed by atoms with Gasteiger partial charge in [-0.2, -0.15) is 0 Å². The summed E-state index contributed by atoms with van der Waals surface area (Å²) in [5, 5.41) is 0. The van der Waals surface area contributed by atoms with Gasteiger partial charge in [-0.3, -0.25) is 9.59 Å². The third-order valence-electron chi connectivity index (χ3n) is 5.20. The molecule has 0 saturated heterocycles. The average Bonchev–Trinajstić information content (AvgIpc) is 2.70. The van der Waals surface area contributed by atoms with E-state index in [9.17, 15) is 9.59 Å². The number of hydrogen-bond acceptors (Lipinski definition) is 3. The van der Waals surface area contributed by atoms with Crippen LogP contribution < -0.4 is 4.90 Å². The molecule has 0 saturated carbocycles. The van der Waals surface area contributed by atoms with Crippen LogP contribution in [0.3, 0.4) is 0 Å². The van der Waals surface area contributed by atoms with Gasteiger partial charge in [0.15, 0.2) is 0 Å². The van der Waals surface area contributed by atoms with Crippen molar-refractivity contribution in [2.24, 2.45) is 5.92 Å². The van der Waals surface area contributed by atoms with E-state index in [4.69, 9.17) is 0 Å². The summed E-state index contributed by atoms with van der Waals surface area (Å²) in [6, 6.07) is 25.0. The fourth-order valence-corrected chi connectivity index (χ4v) is 3.43. The molecule has 3 aromatic carbocycles. The minimum Gasteiger partial charge on any atom is -0.311 e. The predicted octanol–water partition coefficient (Wildman–Crippen LogP) is 6.11. The zero-order chi connectivity index (χ0) is 21.0. The molecule has 0 aliphatic carbocycles. The van der Waals surface area contributed by atoms with E-state index in [1.54, 1.807) is 0 Å². The Morgan fingerprint density at radius 3 is 1.34 bits per heavy atom. The van der Waals surface area contributed by atoms with Gasteiger partial charge in [0.2, 0.25) is 0 Å². The van der Waals surface area contributed by atoms with Crippen LogP contribution in [0.1, 0.15) is 30.5 Å². The number of rotatable bonds is 7. The van der Waals surface area contributed by atoms with Gasteiger partial charge in [-0.15, -0.1) is 0 Å². The lowest BCUT2D eigenvalue weighted by Gasteiger charge is -2.26. The first-order valence-electron chi connectivity index (χ1n) is 9.88. The summed E-state index contributed by atoms with van der Waals surface area (Å²) in [6.45, 7) is 7.12. The van der Waals surface area contributed by atoms with Gasteiger partial charge in [0.1, 0.15) is 11.6 Å². The van der Waals surface area contributed by atoms with Gasteiger partial charge in [0, 0.05) is 17.1 Å². The zero-order valence-electron chi connectivity index (χ0n) is 17.5. The number of aryl methyl sites for hydroxylation is 2. The average molecular weight is 386 g/mol.